The Morgan fingerprint density at radius 2 is 2.16 bits per heavy atom. The molecule has 106 valence electrons. The molecule has 1 N–H and O–H groups in total. The average molecular weight is 279 g/mol. The predicted octanol–water partition coefficient (Wildman–Crippen LogP) is 3.22. The van der Waals surface area contributed by atoms with Crippen LogP contribution in [-0.4, -0.2) is 30.6 Å². The number of thiophene rings is 1. The minimum Gasteiger partial charge on any atom is -0.309 e. The Morgan fingerprint density at radius 1 is 1.42 bits per heavy atom. The zero-order valence-electron chi connectivity index (χ0n) is 12.3. The van der Waals surface area contributed by atoms with Crippen LogP contribution in [0.2, 0.25) is 0 Å². The van der Waals surface area contributed by atoms with Crippen molar-refractivity contribution in [3.8, 4) is 6.07 Å². The van der Waals surface area contributed by atoms with Crippen molar-refractivity contribution in [1.82, 2.24) is 10.2 Å². The van der Waals surface area contributed by atoms with E-state index in [1.165, 1.54) is 24.3 Å². The maximum Gasteiger partial charge on any atom is 0.100 e. The fourth-order valence-electron chi connectivity index (χ4n) is 2.07. The van der Waals surface area contributed by atoms with Gasteiger partial charge in [-0.3, -0.25) is 0 Å². The molecule has 3 nitrogen and oxygen atoms in total. The highest BCUT2D eigenvalue weighted by molar-refractivity contribution is 7.10. The summed E-state index contributed by atoms with van der Waals surface area (Å²) >= 11 is 1.66. The van der Waals surface area contributed by atoms with E-state index in [4.69, 9.17) is 5.26 Å². The monoisotopic (exact) mass is 279 g/mol. The van der Waals surface area contributed by atoms with Gasteiger partial charge in [0.25, 0.3) is 0 Å². The zero-order chi connectivity index (χ0) is 14.1. The lowest BCUT2D eigenvalue weighted by molar-refractivity contribution is 0.290. The lowest BCUT2D eigenvalue weighted by Gasteiger charge is -2.19. The molecular formula is C15H25N3S. The summed E-state index contributed by atoms with van der Waals surface area (Å²) in [4.78, 5) is 3.71. The Morgan fingerprint density at radius 3 is 2.74 bits per heavy atom. The summed E-state index contributed by atoms with van der Waals surface area (Å²) in [6, 6.07) is 4.67. The first-order valence-electron chi connectivity index (χ1n) is 7.12. The van der Waals surface area contributed by atoms with Crippen LogP contribution < -0.4 is 5.32 Å². The molecule has 0 saturated heterocycles. The van der Waals surface area contributed by atoms with E-state index in [2.05, 4.69) is 37.1 Å². The number of nitriles is 1. The summed E-state index contributed by atoms with van der Waals surface area (Å²) < 4.78 is 0. The van der Waals surface area contributed by atoms with Crippen molar-refractivity contribution in [2.45, 2.75) is 46.2 Å². The van der Waals surface area contributed by atoms with Crippen molar-refractivity contribution in [3.63, 3.8) is 0 Å². The highest BCUT2D eigenvalue weighted by atomic mass is 32.1. The molecule has 0 aromatic carbocycles. The van der Waals surface area contributed by atoms with Crippen molar-refractivity contribution in [2.24, 2.45) is 0 Å². The van der Waals surface area contributed by atoms with Crippen molar-refractivity contribution >= 4 is 11.3 Å². The molecule has 1 rings (SSSR count). The van der Waals surface area contributed by atoms with Crippen LogP contribution in [0.15, 0.2) is 11.4 Å². The highest BCUT2D eigenvalue weighted by Gasteiger charge is 2.05. The van der Waals surface area contributed by atoms with Crippen LogP contribution in [0.3, 0.4) is 0 Å². The minimum absolute atomic E-state index is 0.531. The van der Waals surface area contributed by atoms with Crippen LogP contribution in [0.4, 0.5) is 0 Å². The van der Waals surface area contributed by atoms with Crippen molar-refractivity contribution in [2.75, 3.05) is 19.6 Å². The molecule has 0 spiro atoms. The fraction of sp³-hybridized carbons (Fsp3) is 0.667. The van der Waals surface area contributed by atoms with E-state index in [1.807, 2.05) is 11.4 Å². The van der Waals surface area contributed by atoms with E-state index < -0.39 is 0 Å². The average Bonchev–Trinajstić information content (AvgIpc) is 2.89. The van der Waals surface area contributed by atoms with Crippen molar-refractivity contribution < 1.29 is 0 Å². The van der Waals surface area contributed by atoms with E-state index in [-0.39, 0.29) is 0 Å². The molecule has 0 aliphatic heterocycles. The van der Waals surface area contributed by atoms with E-state index in [1.54, 1.807) is 11.3 Å². The first-order chi connectivity index (χ1) is 9.19. The van der Waals surface area contributed by atoms with Gasteiger partial charge < -0.3 is 10.2 Å². The molecule has 1 unspecified atom stereocenters. The van der Waals surface area contributed by atoms with Gasteiger partial charge in [0, 0.05) is 22.8 Å². The van der Waals surface area contributed by atoms with Crippen LogP contribution in [0, 0.1) is 11.3 Å². The number of nitrogens with zero attached hydrogens (tertiary/aromatic N) is 2. The Bertz CT molecular complexity index is 390. The summed E-state index contributed by atoms with van der Waals surface area (Å²) in [6.45, 7) is 11.0. The number of rotatable bonds is 9. The molecule has 0 saturated carbocycles. The SMILES string of the molecule is CCN(CC)CCCC(C)NCc1cc(C#N)cs1. The molecule has 0 radical (unpaired) electrons. The second-order valence-corrected chi connectivity index (χ2v) is 5.86. The van der Waals surface area contributed by atoms with Crippen LogP contribution in [0.1, 0.15) is 44.1 Å². The molecular weight excluding hydrogens is 254 g/mol. The second kappa shape index (κ2) is 9.08. The second-order valence-electron chi connectivity index (χ2n) is 4.86. The Balaban J connectivity index is 2.17. The summed E-state index contributed by atoms with van der Waals surface area (Å²) in [5.74, 6) is 0. The van der Waals surface area contributed by atoms with Gasteiger partial charge in [0.2, 0.25) is 0 Å². The van der Waals surface area contributed by atoms with E-state index in [9.17, 15) is 0 Å². The van der Waals surface area contributed by atoms with Crippen LogP contribution in [0.5, 0.6) is 0 Å². The van der Waals surface area contributed by atoms with Gasteiger partial charge >= 0.3 is 0 Å². The van der Waals surface area contributed by atoms with Crippen LogP contribution >= 0.6 is 11.3 Å². The molecule has 0 aliphatic carbocycles. The van der Waals surface area contributed by atoms with Crippen LogP contribution in [-0.2, 0) is 6.54 Å². The van der Waals surface area contributed by atoms with E-state index in [0.717, 1.165) is 25.2 Å². The maximum absolute atomic E-state index is 8.77. The molecule has 0 bridgehead atoms. The van der Waals surface area contributed by atoms with E-state index >= 15 is 0 Å². The summed E-state index contributed by atoms with van der Waals surface area (Å²) in [5.41, 5.74) is 0.774. The standard InChI is InChI=1S/C15H25N3S/c1-4-18(5-2)8-6-7-13(3)17-11-15-9-14(10-16)12-19-15/h9,12-13,17H,4-8,11H2,1-3H3. The van der Waals surface area contributed by atoms with Gasteiger partial charge in [0.15, 0.2) is 0 Å². The third-order valence-electron chi connectivity index (χ3n) is 3.41. The topological polar surface area (TPSA) is 39.1 Å². The number of hydrogen-bond acceptors (Lipinski definition) is 4. The Hall–Kier alpha value is -0.890. The summed E-state index contributed by atoms with van der Waals surface area (Å²) in [5, 5.41) is 14.2. The summed E-state index contributed by atoms with van der Waals surface area (Å²) in [6.07, 6.45) is 2.44. The van der Waals surface area contributed by atoms with Gasteiger partial charge in [0.1, 0.15) is 6.07 Å². The van der Waals surface area contributed by atoms with Crippen LogP contribution in [0.25, 0.3) is 0 Å². The number of nitrogens with one attached hydrogen (secondary N) is 1. The van der Waals surface area contributed by atoms with Gasteiger partial charge in [-0.1, -0.05) is 13.8 Å². The number of hydrogen-bond donors (Lipinski definition) is 1. The molecule has 0 aliphatic rings. The Labute approximate surface area is 121 Å². The zero-order valence-corrected chi connectivity index (χ0v) is 13.1. The Kier molecular flexibility index (Phi) is 7.73. The van der Waals surface area contributed by atoms with E-state index in [0.29, 0.717) is 6.04 Å². The highest BCUT2D eigenvalue weighted by Crippen LogP contribution is 2.13. The minimum atomic E-state index is 0.531. The van der Waals surface area contributed by atoms with Crippen molar-refractivity contribution in [3.05, 3.63) is 21.9 Å². The predicted molar refractivity (Wildman–Crippen MR) is 82.4 cm³/mol. The maximum atomic E-state index is 8.77. The van der Waals surface area contributed by atoms with Crippen molar-refractivity contribution in [1.29, 1.82) is 5.26 Å². The fourth-order valence-corrected chi connectivity index (χ4v) is 2.83. The van der Waals surface area contributed by atoms with Gasteiger partial charge in [-0.05, 0) is 45.5 Å². The quantitative estimate of drug-likeness (QED) is 0.754. The first-order valence-corrected chi connectivity index (χ1v) is 8.00. The molecule has 1 aromatic heterocycles. The molecule has 19 heavy (non-hydrogen) atoms. The van der Waals surface area contributed by atoms with Gasteiger partial charge in [0.05, 0.1) is 5.56 Å². The molecule has 0 amide bonds. The lowest BCUT2D eigenvalue weighted by Crippen LogP contribution is -2.28. The molecule has 1 heterocycles. The van der Waals surface area contributed by atoms with Gasteiger partial charge in [-0.2, -0.15) is 5.26 Å². The smallest absolute Gasteiger partial charge is 0.100 e. The molecule has 4 heteroatoms. The lowest BCUT2D eigenvalue weighted by atomic mass is 10.1. The van der Waals surface area contributed by atoms with Gasteiger partial charge in [-0.15, -0.1) is 11.3 Å². The van der Waals surface area contributed by atoms with Gasteiger partial charge in [-0.25, -0.2) is 0 Å². The third kappa shape index (κ3) is 6.20. The summed E-state index contributed by atoms with van der Waals surface area (Å²) in [7, 11) is 0. The molecule has 1 aromatic rings. The normalized spacial score (nSPS) is 12.6. The third-order valence-corrected chi connectivity index (χ3v) is 4.35. The largest absolute Gasteiger partial charge is 0.309 e. The molecule has 0 fully saturated rings. The molecule has 1 atom stereocenters. The first kappa shape index (κ1) is 16.2.